The molecule has 1 aromatic carbocycles. The highest BCUT2D eigenvalue weighted by Crippen LogP contribution is 2.49. The van der Waals surface area contributed by atoms with E-state index in [-0.39, 0.29) is 46.9 Å². The molecule has 0 spiro atoms. The van der Waals surface area contributed by atoms with Gasteiger partial charge in [0.1, 0.15) is 12.2 Å². The Morgan fingerprint density at radius 2 is 1.69 bits per heavy atom. The van der Waals surface area contributed by atoms with Crippen molar-refractivity contribution in [3.63, 3.8) is 0 Å². The predicted octanol–water partition coefficient (Wildman–Crippen LogP) is 1.73. The Labute approximate surface area is 149 Å². The van der Waals surface area contributed by atoms with Crippen molar-refractivity contribution >= 4 is 29.1 Å². The molecule has 0 radical (unpaired) electrons. The number of fused-ring (bicyclic) bond motifs is 1. The van der Waals surface area contributed by atoms with Crippen molar-refractivity contribution in [2.24, 2.45) is 23.7 Å². The van der Waals surface area contributed by atoms with Crippen LogP contribution in [0.3, 0.4) is 0 Å². The number of benzene rings is 1. The van der Waals surface area contributed by atoms with Crippen LogP contribution in [0.15, 0.2) is 36.4 Å². The molecule has 1 heterocycles. The number of rotatable bonds is 4. The number of nitro benzene ring substituents is 1. The Morgan fingerprint density at radius 1 is 1.12 bits per heavy atom. The maximum absolute atomic E-state index is 12.7. The van der Waals surface area contributed by atoms with Gasteiger partial charge in [-0.25, -0.2) is 0 Å². The molecule has 2 fully saturated rings. The molecule has 5 rings (SSSR count). The van der Waals surface area contributed by atoms with Crippen molar-refractivity contribution in [2.45, 2.75) is 12.8 Å². The molecular formula is C18H17N3O5. The number of nitro groups is 1. The second kappa shape index (κ2) is 6.05. The zero-order valence-electron chi connectivity index (χ0n) is 13.8. The highest BCUT2D eigenvalue weighted by atomic mass is 16.6. The molecule has 2 bridgehead atoms. The Kier molecular flexibility index (Phi) is 3.82. The molecule has 0 unspecified atom stereocenters. The van der Waals surface area contributed by atoms with Crippen LogP contribution in [-0.4, -0.2) is 34.1 Å². The third-order valence-corrected chi connectivity index (χ3v) is 5.53. The van der Waals surface area contributed by atoms with Crippen LogP contribution in [0.5, 0.6) is 0 Å². The molecular weight excluding hydrogens is 338 g/mol. The van der Waals surface area contributed by atoms with Gasteiger partial charge in [0.2, 0.25) is 17.7 Å². The van der Waals surface area contributed by atoms with E-state index < -0.39 is 17.4 Å². The lowest BCUT2D eigenvalue weighted by atomic mass is 9.63. The van der Waals surface area contributed by atoms with Gasteiger partial charge in [-0.1, -0.05) is 24.3 Å². The monoisotopic (exact) mass is 355 g/mol. The maximum Gasteiger partial charge on any atom is 0.292 e. The van der Waals surface area contributed by atoms with Crippen LogP contribution in [0.2, 0.25) is 0 Å². The van der Waals surface area contributed by atoms with E-state index in [1.807, 2.05) is 12.2 Å². The van der Waals surface area contributed by atoms with E-state index in [1.165, 1.54) is 18.2 Å². The quantitative estimate of drug-likeness (QED) is 0.383. The molecule has 4 aliphatic rings. The lowest BCUT2D eigenvalue weighted by molar-refractivity contribution is -0.383. The van der Waals surface area contributed by atoms with Gasteiger partial charge in [-0.15, -0.1) is 0 Å². The van der Waals surface area contributed by atoms with E-state index in [2.05, 4.69) is 5.32 Å². The molecule has 8 nitrogen and oxygen atoms in total. The SMILES string of the molecule is O=C(CN1C(=O)[C@@H]2[C@H](C1=O)[C@H]1C=C[C@H]2CC1)Nc1ccccc1[N+](=O)[O-]. The second-order valence-corrected chi connectivity index (χ2v) is 6.93. The first kappa shape index (κ1) is 16.4. The largest absolute Gasteiger partial charge is 0.319 e. The summed E-state index contributed by atoms with van der Waals surface area (Å²) >= 11 is 0. The van der Waals surface area contributed by atoms with Crippen molar-refractivity contribution in [3.8, 4) is 0 Å². The van der Waals surface area contributed by atoms with Crippen LogP contribution in [0.1, 0.15) is 12.8 Å². The molecule has 1 N–H and O–H groups in total. The first-order chi connectivity index (χ1) is 12.5. The Bertz CT molecular complexity index is 817. The van der Waals surface area contributed by atoms with Gasteiger partial charge in [0.05, 0.1) is 16.8 Å². The number of carbonyl (C=O) groups excluding carboxylic acids is 3. The average Bonchev–Trinajstić information content (AvgIpc) is 2.90. The van der Waals surface area contributed by atoms with E-state index >= 15 is 0 Å². The summed E-state index contributed by atoms with van der Waals surface area (Å²) in [6.45, 7) is -0.420. The minimum absolute atomic E-state index is 0.0424. The Morgan fingerprint density at radius 3 is 2.23 bits per heavy atom. The van der Waals surface area contributed by atoms with Crippen molar-refractivity contribution in [3.05, 3.63) is 46.5 Å². The van der Waals surface area contributed by atoms with Crippen molar-refractivity contribution in [2.75, 3.05) is 11.9 Å². The number of allylic oxidation sites excluding steroid dienone is 2. The molecule has 134 valence electrons. The lowest BCUT2D eigenvalue weighted by Crippen LogP contribution is -2.38. The van der Waals surface area contributed by atoms with Gasteiger partial charge >= 0.3 is 0 Å². The van der Waals surface area contributed by atoms with Crippen LogP contribution in [0.4, 0.5) is 11.4 Å². The van der Waals surface area contributed by atoms with E-state index in [9.17, 15) is 24.5 Å². The summed E-state index contributed by atoms with van der Waals surface area (Å²) in [5.41, 5.74) is -0.198. The molecule has 1 aromatic rings. The fraction of sp³-hybridized carbons (Fsp3) is 0.389. The normalized spacial score (nSPS) is 29.0. The standard InChI is InChI=1S/C18H17N3O5/c22-14(19-12-3-1-2-4-13(12)21(25)26)9-20-17(23)15-10-5-6-11(8-7-10)16(15)18(20)24/h1-6,10-11,15-16H,7-9H2,(H,19,22)/t10-,11-,15-,16+/m0/s1. The fourth-order valence-electron chi connectivity index (χ4n) is 4.36. The van der Waals surface area contributed by atoms with Crippen molar-refractivity contribution in [1.29, 1.82) is 0 Å². The molecule has 4 atom stereocenters. The Hall–Kier alpha value is -3.03. The van der Waals surface area contributed by atoms with Gasteiger partial charge in [-0.3, -0.25) is 29.4 Å². The third kappa shape index (κ3) is 2.49. The van der Waals surface area contributed by atoms with Crippen LogP contribution in [0.25, 0.3) is 0 Å². The van der Waals surface area contributed by atoms with Gasteiger partial charge in [0.25, 0.3) is 5.69 Å². The van der Waals surface area contributed by atoms with Gasteiger partial charge in [-0.05, 0) is 30.7 Å². The van der Waals surface area contributed by atoms with Gasteiger partial charge in [0, 0.05) is 6.07 Å². The van der Waals surface area contributed by atoms with Crippen molar-refractivity contribution < 1.29 is 19.3 Å². The summed E-state index contributed by atoms with van der Waals surface area (Å²) in [7, 11) is 0. The van der Waals surface area contributed by atoms with Gasteiger partial charge in [-0.2, -0.15) is 0 Å². The lowest BCUT2D eigenvalue weighted by Gasteiger charge is -2.38. The highest BCUT2D eigenvalue weighted by Gasteiger charge is 2.56. The molecule has 1 saturated carbocycles. The molecule has 0 aromatic heterocycles. The van der Waals surface area contributed by atoms with E-state index in [4.69, 9.17) is 0 Å². The van der Waals surface area contributed by atoms with Gasteiger partial charge in [0.15, 0.2) is 0 Å². The summed E-state index contributed by atoms with van der Waals surface area (Å²) in [6.07, 6.45) is 5.80. The number of amides is 3. The number of para-hydroxylation sites is 2. The molecule has 1 saturated heterocycles. The molecule has 3 aliphatic carbocycles. The maximum atomic E-state index is 12.7. The number of carbonyl (C=O) groups is 3. The minimum atomic E-state index is -0.625. The smallest absolute Gasteiger partial charge is 0.292 e. The summed E-state index contributed by atoms with van der Waals surface area (Å²) in [6, 6.07) is 5.74. The van der Waals surface area contributed by atoms with Gasteiger partial charge < -0.3 is 5.32 Å². The molecule has 3 amide bonds. The van der Waals surface area contributed by atoms with Crippen LogP contribution in [-0.2, 0) is 14.4 Å². The van der Waals surface area contributed by atoms with E-state index in [1.54, 1.807) is 6.07 Å². The number of imide groups is 1. The number of likely N-dealkylation sites (tertiary alicyclic amines) is 1. The number of nitrogens with one attached hydrogen (secondary N) is 1. The average molecular weight is 355 g/mol. The topological polar surface area (TPSA) is 110 Å². The molecule has 1 aliphatic heterocycles. The molecule has 26 heavy (non-hydrogen) atoms. The first-order valence-electron chi connectivity index (χ1n) is 8.54. The van der Waals surface area contributed by atoms with Crippen molar-refractivity contribution in [1.82, 2.24) is 4.90 Å². The summed E-state index contributed by atoms with van der Waals surface area (Å²) in [5, 5.41) is 13.5. The highest BCUT2D eigenvalue weighted by molar-refractivity contribution is 6.09. The summed E-state index contributed by atoms with van der Waals surface area (Å²) in [4.78, 5) is 49.1. The Balaban J connectivity index is 1.50. The summed E-state index contributed by atoms with van der Waals surface area (Å²) < 4.78 is 0. The minimum Gasteiger partial charge on any atom is -0.319 e. The number of nitrogens with zero attached hydrogens (tertiary/aromatic N) is 2. The predicted molar refractivity (Wildman–Crippen MR) is 90.8 cm³/mol. The number of hydrogen-bond donors (Lipinski definition) is 1. The van der Waals surface area contributed by atoms with Crippen LogP contribution >= 0.6 is 0 Å². The second-order valence-electron chi connectivity index (χ2n) is 6.93. The fourth-order valence-corrected chi connectivity index (χ4v) is 4.36. The van der Waals surface area contributed by atoms with Crippen LogP contribution in [0, 0.1) is 33.8 Å². The zero-order chi connectivity index (χ0) is 18.4. The summed E-state index contributed by atoms with van der Waals surface area (Å²) in [5.74, 6) is -1.86. The van der Waals surface area contributed by atoms with Crippen LogP contribution < -0.4 is 5.32 Å². The van der Waals surface area contributed by atoms with E-state index in [0.717, 1.165) is 17.7 Å². The molecule has 8 heteroatoms. The first-order valence-corrected chi connectivity index (χ1v) is 8.54. The number of anilines is 1. The van der Waals surface area contributed by atoms with E-state index in [0.29, 0.717) is 0 Å². The third-order valence-electron chi connectivity index (χ3n) is 5.53. The zero-order valence-corrected chi connectivity index (χ0v) is 13.8. The number of hydrogen-bond acceptors (Lipinski definition) is 5.